The number of likely N-dealkylation sites (N-methyl/N-ethyl adjacent to an activating group) is 1. The second kappa shape index (κ2) is 13.0. The van der Waals surface area contributed by atoms with E-state index in [-0.39, 0.29) is 12.5 Å². The minimum atomic E-state index is -1.18. The monoisotopic (exact) mass is 492 g/mol. The normalized spacial score (nSPS) is 16.2. The molecule has 1 atom stereocenters. The Labute approximate surface area is 214 Å². The van der Waals surface area contributed by atoms with Crippen LogP contribution in [0.1, 0.15) is 61.3 Å². The van der Waals surface area contributed by atoms with Gasteiger partial charge in [0.25, 0.3) is 0 Å². The summed E-state index contributed by atoms with van der Waals surface area (Å²) >= 11 is 0. The Morgan fingerprint density at radius 3 is 2.61 bits per heavy atom. The second-order valence-corrected chi connectivity index (χ2v) is 9.98. The van der Waals surface area contributed by atoms with Crippen LogP contribution in [0, 0.1) is 5.92 Å². The summed E-state index contributed by atoms with van der Waals surface area (Å²) in [7, 11) is 2.10. The highest BCUT2D eigenvalue weighted by Crippen LogP contribution is 2.43. The summed E-state index contributed by atoms with van der Waals surface area (Å²) < 4.78 is 12.1. The first-order valence-corrected chi connectivity index (χ1v) is 13.3. The van der Waals surface area contributed by atoms with Gasteiger partial charge >= 0.3 is 0 Å². The van der Waals surface area contributed by atoms with Gasteiger partial charge in [-0.2, -0.15) is 0 Å². The molecule has 1 unspecified atom stereocenters. The molecule has 4 rings (SSSR count). The van der Waals surface area contributed by atoms with E-state index in [1.54, 1.807) is 6.20 Å². The Balaban J connectivity index is 1.28. The van der Waals surface area contributed by atoms with Crippen molar-refractivity contribution in [3.05, 3.63) is 83.6 Å². The van der Waals surface area contributed by atoms with Crippen molar-refractivity contribution in [3.8, 4) is 5.75 Å². The quantitative estimate of drug-likeness (QED) is 0.328. The molecule has 2 aromatic carbocycles. The number of aromatic nitrogens is 1. The van der Waals surface area contributed by atoms with Crippen molar-refractivity contribution < 1.29 is 19.4 Å². The Hall–Kier alpha value is -2.67. The molecule has 6 heteroatoms. The molecule has 1 saturated carbocycles. The largest absolute Gasteiger partial charge is 0.494 e. The molecule has 1 fully saturated rings. The molecule has 194 valence electrons. The number of aliphatic hydroxyl groups is 2. The lowest BCUT2D eigenvalue weighted by atomic mass is 9.73. The van der Waals surface area contributed by atoms with Gasteiger partial charge in [0.05, 0.1) is 12.8 Å². The molecular weight excluding hydrogens is 452 g/mol. The van der Waals surface area contributed by atoms with Crippen molar-refractivity contribution in [2.24, 2.45) is 5.92 Å². The third kappa shape index (κ3) is 6.75. The molecule has 0 spiro atoms. The highest BCUT2D eigenvalue weighted by molar-refractivity contribution is 5.30. The molecule has 2 N–H and O–H groups in total. The zero-order valence-electron chi connectivity index (χ0n) is 21.4. The summed E-state index contributed by atoms with van der Waals surface area (Å²) in [6, 6.07) is 17.8. The van der Waals surface area contributed by atoms with Crippen molar-refractivity contribution in [2.45, 2.75) is 57.0 Å². The number of benzene rings is 2. The lowest BCUT2D eigenvalue weighted by Crippen LogP contribution is -2.38. The van der Waals surface area contributed by atoms with Crippen LogP contribution in [0.15, 0.2) is 65.2 Å². The average molecular weight is 493 g/mol. The van der Waals surface area contributed by atoms with E-state index in [1.165, 1.54) is 6.42 Å². The Kier molecular flexibility index (Phi) is 9.56. The highest BCUT2D eigenvalue weighted by Gasteiger charge is 2.44. The fourth-order valence-corrected chi connectivity index (χ4v) is 5.20. The molecule has 3 aromatic rings. The lowest BCUT2D eigenvalue weighted by molar-refractivity contribution is -0.0239. The number of oxazole rings is 1. The number of hydrogen-bond acceptors (Lipinski definition) is 6. The second-order valence-electron chi connectivity index (χ2n) is 9.98. The number of ether oxygens (including phenoxy) is 1. The third-order valence-electron chi connectivity index (χ3n) is 7.28. The zero-order chi connectivity index (χ0) is 25.2. The molecule has 6 nitrogen and oxygen atoms in total. The van der Waals surface area contributed by atoms with Gasteiger partial charge in [0.1, 0.15) is 11.5 Å². The Morgan fingerprint density at radius 2 is 1.83 bits per heavy atom. The molecule has 0 aliphatic heterocycles. The summed E-state index contributed by atoms with van der Waals surface area (Å²) in [5.74, 6) is 2.20. The lowest BCUT2D eigenvalue weighted by Gasteiger charge is -2.36. The minimum Gasteiger partial charge on any atom is -0.494 e. The predicted octanol–water partition coefficient (Wildman–Crippen LogP) is 4.97. The summed E-state index contributed by atoms with van der Waals surface area (Å²) in [4.78, 5) is 6.84. The van der Waals surface area contributed by atoms with Crippen LogP contribution in [-0.4, -0.2) is 53.4 Å². The molecule has 1 aromatic heterocycles. The van der Waals surface area contributed by atoms with Gasteiger partial charge in [-0.3, -0.25) is 0 Å². The van der Waals surface area contributed by atoms with Gasteiger partial charge in [0, 0.05) is 32.0 Å². The zero-order valence-corrected chi connectivity index (χ0v) is 21.4. The van der Waals surface area contributed by atoms with Crippen molar-refractivity contribution in [1.82, 2.24) is 9.88 Å². The highest BCUT2D eigenvalue weighted by atomic mass is 16.5. The van der Waals surface area contributed by atoms with Crippen LogP contribution in [0.3, 0.4) is 0 Å². The molecule has 0 radical (unpaired) electrons. The molecule has 1 aliphatic carbocycles. The summed E-state index contributed by atoms with van der Waals surface area (Å²) in [5, 5.41) is 21.1. The van der Waals surface area contributed by atoms with E-state index in [1.807, 2.05) is 54.6 Å². The number of nitrogens with zero attached hydrogens (tertiary/aromatic N) is 2. The summed E-state index contributed by atoms with van der Waals surface area (Å²) in [6.07, 6.45) is 9.55. The first kappa shape index (κ1) is 26.4. The van der Waals surface area contributed by atoms with Crippen LogP contribution < -0.4 is 4.74 Å². The van der Waals surface area contributed by atoms with Crippen molar-refractivity contribution in [1.29, 1.82) is 0 Å². The molecule has 1 heterocycles. The van der Waals surface area contributed by atoms with E-state index >= 15 is 0 Å². The Morgan fingerprint density at radius 1 is 1.03 bits per heavy atom. The molecule has 36 heavy (non-hydrogen) atoms. The molecule has 0 saturated heterocycles. The van der Waals surface area contributed by atoms with Crippen LogP contribution in [0.25, 0.3) is 0 Å². The SMILES string of the molecule is CN(CCCOc1cccc(CCO)c1)CCc1cnc(C(O)(c2ccccc2)C2CCCCC2)o1. The van der Waals surface area contributed by atoms with Crippen molar-refractivity contribution in [2.75, 3.05) is 33.4 Å². The van der Waals surface area contributed by atoms with E-state index < -0.39 is 5.60 Å². The number of rotatable bonds is 13. The van der Waals surface area contributed by atoms with E-state index in [0.717, 1.165) is 74.3 Å². The van der Waals surface area contributed by atoms with Gasteiger partial charge in [-0.15, -0.1) is 0 Å². The smallest absolute Gasteiger partial charge is 0.231 e. The van der Waals surface area contributed by atoms with E-state index in [2.05, 4.69) is 16.9 Å². The van der Waals surface area contributed by atoms with Gasteiger partial charge in [0.15, 0.2) is 5.60 Å². The molecule has 0 bridgehead atoms. The van der Waals surface area contributed by atoms with Gasteiger partial charge in [-0.25, -0.2) is 4.98 Å². The number of hydrogen-bond donors (Lipinski definition) is 2. The minimum absolute atomic E-state index is 0.118. The first-order chi connectivity index (χ1) is 17.6. The van der Waals surface area contributed by atoms with E-state index in [4.69, 9.17) is 14.3 Å². The number of aliphatic hydroxyl groups excluding tert-OH is 1. The molecule has 1 aliphatic rings. The van der Waals surface area contributed by atoms with Crippen LogP contribution in [0.2, 0.25) is 0 Å². The fourth-order valence-electron chi connectivity index (χ4n) is 5.20. The van der Waals surface area contributed by atoms with Crippen LogP contribution >= 0.6 is 0 Å². The predicted molar refractivity (Wildman–Crippen MR) is 141 cm³/mol. The molecular formula is C30H40N2O4. The van der Waals surface area contributed by atoms with Crippen molar-refractivity contribution in [3.63, 3.8) is 0 Å². The summed E-state index contributed by atoms with van der Waals surface area (Å²) in [6.45, 7) is 2.54. The Bertz CT molecular complexity index is 1050. The van der Waals surface area contributed by atoms with Crippen LogP contribution in [0.4, 0.5) is 0 Å². The maximum atomic E-state index is 12.0. The van der Waals surface area contributed by atoms with E-state index in [9.17, 15) is 5.11 Å². The fraction of sp³-hybridized carbons (Fsp3) is 0.500. The van der Waals surface area contributed by atoms with Gasteiger partial charge in [-0.05, 0) is 56.0 Å². The van der Waals surface area contributed by atoms with Crippen molar-refractivity contribution >= 4 is 0 Å². The average Bonchev–Trinajstić information content (AvgIpc) is 3.41. The topological polar surface area (TPSA) is 79.0 Å². The van der Waals surface area contributed by atoms with Gasteiger partial charge in [0.2, 0.25) is 5.89 Å². The molecule has 0 amide bonds. The maximum absolute atomic E-state index is 12.0. The summed E-state index contributed by atoms with van der Waals surface area (Å²) in [5.41, 5.74) is 0.767. The standard InChI is InChI=1S/C30H40N2O4/c1-32(18-9-21-35-27-15-8-10-24(22-27)17-20-33)19-16-28-23-31-29(36-28)30(34,25-11-4-2-5-12-25)26-13-6-3-7-14-26/h2,4-5,8,10-12,15,22-23,26,33-34H,3,6-7,9,13-14,16-21H2,1H3. The van der Waals surface area contributed by atoms with E-state index in [0.29, 0.717) is 18.9 Å². The van der Waals surface area contributed by atoms with Crippen LogP contribution in [-0.2, 0) is 18.4 Å². The van der Waals surface area contributed by atoms with Gasteiger partial charge in [-0.1, -0.05) is 61.7 Å². The van der Waals surface area contributed by atoms with Gasteiger partial charge < -0.3 is 24.3 Å². The third-order valence-corrected chi connectivity index (χ3v) is 7.28. The first-order valence-electron chi connectivity index (χ1n) is 13.3. The maximum Gasteiger partial charge on any atom is 0.231 e. The van der Waals surface area contributed by atoms with Crippen LogP contribution in [0.5, 0.6) is 5.75 Å².